The van der Waals surface area contributed by atoms with Crippen LogP contribution in [0, 0.1) is 0 Å². The second kappa shape index (κ2) is 8.38. The lowest BCUT2D eigenvalue weighted by atomic mass is 10.1. The number of carbonyl (C=O) groups is 1. The van der Waals surface area contributed by atoms with Gasteiger partial charge in [-0.3, -0.25) is 9.59 Å². The highest BCUT2D eigenvalue weighted by atomic mass is 19.4. The molecule has 4 rings (SSSR count). The monoisotopic (exact) mass is 432 g/mol. The molecule has 1 aromatic heterocycles. The lowest BCUT2D eigenvalue weighted by Gasteiger charge is -2.29. The number of anilines is 2. The highest BCUT2D eigenvalue weighted by molar-refractivity contribution is 5.93. The summed E-state index contributed by atoms with van der Waals surface area (Å²) < 4.78 is 45.9. The average Bonchev–Trinajstić information content (AvgIpc) is 2.76. The Morgan fingerprint density at radius 1 is 1.03 bits per heavy atom. The summed E-state index contributed by atoms with van der Waals surface area (Å²) in [5, 5.41) is 7.64. The van der Waals surface area contributed by atoms with Crippen molar-refractivity contribution in [1.29, 1.82) is 0 Å². The predicted molar refractivity (Wildman–Crippen MR) is 109 cm³/mol. The van der Waals surface area contributed by atoms with Crippen LogP contribution in [0.5, 0.6) is 0 Å². The molecule has 0 saturated carbocycles. The zero-order valence-corrected chi connectivity index (χ0v) is 16.4. The first-order valence-corrected chi connectivity index (χ1v) is 9.63. The Morgan fingerprint density at radius 3 is 2.39 bits per heavy atom. The van der Waals surface area contributed by atoms with Gasteiger partial charge in [0, 0.05) is 18.5 Å². The van der Waals surface area contributed by atoms with Crippen molar-refractivity contribution in [1.82, 2.24) is 9.78 Å². The van der Waals surface area contributed by atoms with Crippen molar-refractivity contribution in [2.75, 3.05) is 36.5 Å². The van der Waals surface area contributed by atoms with E-state index in [1.54, 1.807) is 24.3 Å². The quantitative estimate of drug-likeness (QED) is 0.686. The molecule has 0 radical (unpaired) electrons. The molecule has 1 amide bonds. The Morgan fingerprint density at radius 2 is 1.68 bits per heavy atom. The second-order valence-corrected chi connectivity index (χ2v) is 7.02. The normalized spacial score (nSPS) is 14.6. The fourth-order valence-corrected chi connectivity index (χ4v) is 3.50. The topological polar surface area (TPSA) is 76.5 Å². The van der Waals surface area contributed by atoms with Gasteiger partial charge in [0.1, 0.15) is 6.54 Å². The lowest BCUT2D eigenvalue weighted by Crippen LogP contribution is -2.39. The molecule has 162 valence electrons. The predicted octanol–water partition coefficient (Wildman–Crippen LogP) is 2.89. The first-order valence-electron chi connectivity index (χ1n) is 9.63. The molecule has 0 atom stereocenters. The van der Waals surface area contributed by atoms with Crippen LogP contribution < -0.4 is 15.8 Å². The number of hydrogen-bond acceptors (Lipinski definition) is 5. The van der Waals surface area contributed by atoms with E-state index in [1.807, 2.05) is 4.90 Å². The van der Waals surface area contributed by atoms with Crippen LogP contribution in [0.15, 0.2) is 53.3 Å². The molecule has 2 heterocycles. The molecule has 1 N–H and O–H groups in total. The minimum absolute atomic E-state index is 0.373. The summed E-state index contributed by atoms with van der Waals surface area (Å²) >= 11 is 0. The largest absolute Gasteiger partial charge is 0.418 e. The van der Waals surface area contributed by atoms with E-state index in [0.29, 0.717) is 42.9 Å². The van der Waals surface area contributed by atoms with Crippen molar-refractivity contribution in [3.63, 3.8) is 0 Å². The van der Waals surface area contributed by atoms with Crippen LogP contribution in [0.2, 0.25) is 0 Å². The first kappa shape index (κ1) is 20.9. The van der Waals surface area contributed by atoms with E-state index in [4.69, 9.17) is 4.74 Å². The van der Waals surface area contributed by atoms with Gasteiger partial charge in [0.2, 0.25) is 5.91 Å². The maximum Gasteiger partial charge on any atom is 0.418 e. The minimum Gasteiger partial charge on any atom is -0.378 e. The van der Waals surface area contributed by atoms with Gasteiger partial charge in [0.15, 0.2) is 5.82 Å². The Hall–Kier alpha value is -3.40. The van der Waals surface area contributed by atoms with Crippen LogP contribution in [-0.4, -0.2) is 42.0 Å². The van der Waals surface area contributed by atoms with E-state index in [2.05, 4.69) is 10.4 Å². The molecule has 0 unspecified atom stereocenters. The number of ether oxygens (including phenoxy) is 1. The van der Waals surface area contributed by atoms with Crippen LogP contribution in [0.25, 0.3) is 10.8 Å². The fraction of sp³-hybridized carbons (Fsp3) is 0.286. The number of aromatic nitrogens is 2. The summed E-state index contributed by atoms with van der Waals surface area (Å²) in [5.74, 6) is -0.253. The smallest absolute Gasteiger partial charge is 0.378 e. The Kier molecular flexibility index (Phi) is 5.64. The minimum atomic E-state index is -4.62. The van der Waals surface area contributed by atoms with Gasteiger partial charge in [-0.05, 0) is 18.2 Å². The zero-order chi connectivity index (χ0) is 22.0. The Labute approximate surface area is 175 Å². The van der Waals surface area contributed by atoms with Crippen molar-refractivity contribution >= 4 is 28.2 Å². The first-order chi connectivity index (χ1) is 14.8. The van der Waals surface area contributed by atoms with Crippen molar-refractivity contribution in [2.24, 2.45) is 0 Å². The molecule has 1 fully saturated rings. The summed E-state index contributed by atoms with van der Waals surface area (Å²) in [6.45, 7) is 1.63. The lowest BCUT2D eigenvalue weighted by molar-refractivity contribution is -0.137. The van der Waals surface area contributed by atoms with Crippen molar-refractivity contribution < 1.29 is 22.7 Å². The second-order valence-electron chi connectivity index (χ2n) is 7.02. The average molecular weight is 432 g/mol. The number of morpholine rings is 1. The fourth-order valence-electron chi connectivity index (χ4n) is 3.50. The standard InChI is InChI=1S/C21H19F3N4O3/c22-21(23,24)16-7-3-4-8-17(16)25-18(29)13-28-20(30)15-6-2-1-5-14(15)19(26-28)27-9-11-31-12-10-27/h1-8H,9-13H2,(H,25,29). The summed E-state index contributed by atoms with van der Waals surface area (Å²) in [6, 6.07) is 11.6. The van der Waals surface area contributed by atoms with E-state index >= 15 is 0 Å². The molecule has 0 bridgehead atoms. The number of nitrogens with zero attached hydrogens (tertiary/aromatic N) is 3. The number of carbonyl (C=O) groups excluding carboxylic acids is 1. The van der Waals surface area contributed by atoms with Gasteiger partial charge in [-0.2, -0.15) is 18.3 Å². The van der Waals surface area contributed by atoms with Gasteiger partial charge in [-0.1, -0.05) is 30.3 Å². The van der Waals surface area contributed by atoms with E-state index in [9.17, 15) is 22.8 Å². The number of amides is 1. The number of hydrogen-bond donors (Lipinski definition) is 1. The van der Waals surface area contributed by atoms with Crippen molar-refractivity contribution in [2.45, 2.75) is 12.7 Å². The van der Waals surface area contributed by atoms with Gasteiger partial charge in [-0.15, -0.1) is 0 Å². The summed E-state index contributed by atoms with van der Waals surface area (Å²) in [4.78, 5) is 27.4. The number of alkyl halides is 3. The van der Waals surface area contributed by atoms with Crippen LogP contribution in [-0.2, 0) is 22.3 Å². The third kappa shape index (κ3) is 4.38. The highest BCUT2D eigenvalue weighted by Gasteiger charge is 2.33. The third-order valence-corrected chi connectivity index (χ3v) is 4.96. The summed E-state index contributed by atoms with van der Waals surface area (Å²) in [7, 11) is 0. The van der Waals surface area contributed by atoms with Crippen LogP contribution in [0.1, 0.15) is 5.56 Å². The van der Waals surface area contributed by atoms with Gasteiger partial charge in [0.25, 0.3) is 5.56 Å². The van der Waals surface area contributed by atoms with Crippen LogP contribution in [0.4, 0.5) is 24.7 Å². The molecule has 1 saturated heterocycles. The molecular weight excluding hydrogens is 413 g/mol. The number of nitrogens with one attached hydrogen (secondary N) is 1. The molecule has 31 heavy (non-hydrogen) atoms. The Bertz CT molecular complexity index is 1170. The number of para-hydroxylation sites is 1. The third-order valence-electron chi connectivity index (χ3n) is 4.96. The van der Waals surface area contributed by atoms with E-state index in [1.165, 1.54) is 12.1 Å². The molecule has 1 aliphatic heterocycles. The maximum absolute atomic E-state index is 13.2. The number of benzene rings is 2. The number of rotatable bonds is 4. The molecule has 0 spiro atoms. The van der Waals surface area contributed by atoms with Crippen molar-refractivity contribution in [3.05, 3.63) is 64.4 Å². The Balaban J connectivity index is 1.67. The highest BCUT2D eigenvalue weighted by Crippen LogP contribution is 2.34. The van der Waals surface area contributed by atoms with E-state index < -0.39 is 29.8 Å². The van der Waals surface area contributed by atoms with Gasteiger partial charge in [-0.25, -0.2) is 4.68 Å². The summed E-state index contributed by atoms with van der Waals surface area (Å²) in [6.07, 6.45) is -4.62. The van der Waals surface area contributed by atoms with Gasteiger partial charge >= 0.3 is 6.18 Å². The van der Waals surface area contributed by atoms with Crippen LogP contribution >= 0.6 is 0 Å². The number of fused-ring (bicyclic) bond motifs is 1. The van der Waals surface area contributed by atoms with Gasteiger partial charge in [0.05, 0.1) is 29.9 Å². The molecule has 0 aliphatic carbocycles. The van der Waals surface area contributed by atoms with E-state index in [-0.39, 0.29) is 5.69 Å². The zero-order valence-electron chi connectivity index (χ0n) is 16.4. The molecular formula is C21H19F3N4O3. The maximum atomic E-state index is 13.2. The molecule has 2 aromatic carbocycles. The molecule has 3 aromatic rings. The van der Waals surface area contributed by atoms with Crippen molar-refractivity contribution in [3.8, 4) is 0 Å². The summed E-state index contributed by atoms with van der Waals surface area (Å²) in [5.41, 5.74) is -1.83. The SMILES string of the molecule is O=C(Cn1nc(N2CCOCC2)c2ccccc2c1=O)Nc1ccccc1C(F)(F)F. The van der Waals surface area contributed by atoms with Gasteiger partial charge < -0.3 is 15.0 Å². The molecule has 10 heteroatoms. The van der Waals surface area contributed by atoms with Crippen LogP contribution in [0.3, 0.4) is 0 Å². The van der Waals surface area contributed by atoms with E-state index in [0.717, 1.165) is 16.8 Å². The number of halogens is 3. The molecule has 1 aliphatic rings. The molecule has 7 nitrogen and oxygen atoms in total.